The number of likely N-dealkylation sites (tertiary alicyclic amines) is 1. The second-order valence-electron chi connectivity index (χ2n) is 6.17. The summed E-state index contributed by atoms with van der Waals surface area (Å²) in [6.07, 6.45) is -4.33. The monoisotopic (exact) mass is 381 g/mol. The Hall–Kier alpha value is -1.02. The fourth-order valence-electron chi connectivity index (χ4n) is 2.81. The molecule has 0 unspecified atom stereocenters. The van der Waals surface area contributed by atoms with E-state index in [1.807, 2.05) is 0 Å². The van der Waals surface area contributed by atoms with Crippen LogP contribution in [0.4, 0.5) is 13.2 Å². The quantitative estimate of drug-likeness (QED) is 0.701. The molecule has 1 aromatic rings. The number of aliphatic hydroxyl groups excluding tert-OH is 1. The lowest BCUT2D eigenvalue weighted by molar-refractivity contribution is -0.187. The van der Waals surface area contributed by atoms with E-state index in [9.17, 15) is 18.3 Å². The molecule has 0 aliphatic carbocycles. The van der Waals surface area contributed by atoms with Crippen LogP contribution in [0.5, 0.6) is 5.75 Å². The Bertz CT molecular complexity index is 513. The second kappa shape index (κ2) is 9.62. The molecule has 1 saturated heterocycles. The average Bonchev–Trinajstić information content (AvgIpc) is 2.56. The summed E-state index contributed by atoms with van der Waals surface area (Å²) >= 11 is 5.77. The first-order valence-electron chi connectivity index (χ1n) is 8.28. The van der Waals surface area contributed by atoms with Crippen molar-refractivity contribution in [1.29, 1.82) is 0 Å². The zero-order valence-electron chi connectivity index (χ0n) is 13.8. The first kappa shape index (κ1) is 20.3. The minimum absolute atomic E-state index is 0.0553. The predicted octanol–water partition coefficient (Wildman–Crippen LogP) is 3.37. The maximum absolute atomic E-state index is 12.8. The van der Waals surface area contributed by atoms with Gasteiger partial charge in [0.05, 0.1) is 25.2 Å². The van der Waals surface area contributed by atoms with E-state index in [2.05, 4.69) is 0 Å². The van der Waals surface area contributed by atoms with E-state index in [1.165, 1.54) is 0 Å². The molecule has 8 heteroatoms. The number of alkyl halides is 3. The molecule has 0 spiro atoms. The third kappa shape index (κ3) is 7.40. The first-order chi connectivity index (χ1) is 11.8. The van der Waals surface area contributed by atoms with E-state index in [4.69, 9.17) is 21.1 Å². The molecule has 1 N–H and O–H groups in total. The topological polar surface area (TPSA) is 41.9 Å². The maximum Gasteiger partial charge on any atom is 0.393 e. The van der Waals surface area contributed by atoms with Gasteiger partial charge < -0.3 is 19.5 Å². The zero-order chi connectivity index (χ0) is 18.3. The zero-order valence-corrected chi connectivity index (χ0v) is 14.6. The van der Waals surface area contributed by atoms with Crippen molar-refractivity contribution in [3.05, 3.63) is 29.3 Å². The average molecular weight is 382 g/mol. The minimum atomic E-state index is -4.17. The number of aliphatic hydroxyl groups is 1. The van der Waals surface area contributed by atoms with Crippen LogP contribution in [0.1, 0.15) is 12.8 Å². The summed E-state index contributed by atoms with van der Waals surface area (Å²) < 4.78 is 49.1. The van der Waals surface area contributed by atoms with Gasteiger partial charge in [0, 0.05) is 18.1 Å². The van der Waals surface area contributed by atoms with Crippen LogP contribution in [0.25, 0.3) is 0 Å². The maximum atomic E-state index is 12.8. The molecule has 0 amide bonds. The van der Waals surface area contributed by atoms with Crippen LogP contribution in [0.2, 0.25) is 5.02 Å². The molecule has 1 fully saturated rings. The standard InChI is InChI=1S/C17H23ClF3NO3/c18-14-3-5-16(6-4-14)25-9-8-24-12-15(23)11-22-7-1-2-13(10-22)17(19,20)21/h3-6,13,15,23H,1-2,7-12H2/t13-,15+/m0/s1. The van der Waals surface area contributed by atoms with Gasteiger partial charge in [0.15, 0.2) is 0 Å². The molecule has 2 rings (SSSR count). The molecule has 1 heterocycles. The van der Waals surface area contributed by atoms with Gasteiger partial charge in [-0.3, -0.25) is 0 Å². The smallest absolute Gasteiger partial charge is 0.393 e. The number of β-amino-alcohol motifs (C(OH)–C–C–N with tert-alkyl or cyclic N) is 1. The second-order valence-corrected chi connectivity index (χ2v) is 6.61. The van der Waals surface area contributed by atoms with E-state index in [0.29, 0.717) is 30.3 Å². The van der Waals surface area contributed by atoms with Crippen molar-refractivity contribution in [2.45, 2.75) is 25.1 Å². The van der Waals surface area contributed by atoms with Crippen LogP contribution in [-0.4, -0.2) is 61.7 Å². The highest BCUT2D eigenvalue weighted by atomic mass is 35.5. The summed E-state index contributed by atoms with van der Waals surface area (Å²) in [4.78, 5) is 1.65. The van der Waals surface area contributed by atoms with E-state index >= 15 is 0 Å². The fourth-order valence-corrected chi connectivity index (χ4v) is 2.93. The summed E-state index contributed by atoms with van der Waals surface area (Å²) in [5.74, 6) is -0.637. The molecule has 1 aliphatic heterocycles. The van der Waals surface area contributed by atoms with Gasteiger partial charge >= 0.3 is 6.18 Å². The molecule has 1 aromatic carbocycles. The van der Waals surface area contributed by atoms with Gasteiger partial charge in [0.1, 0.15) is 12.4 Å². The van der Waals surface area contributed by atoms with Gasteiger partial charge in [0.25, 0.3) is 0 Å². The van der Waals surface area contributed by atoms with Gasteiger partial charge in [-0.1, -0.05) is 11.6 Å². The molecule has 4 nitrogen and oxygen atoms in total. The summed E-state index contributed by atoms with van der Waals surface area (Å²) in [6, 6.07) is 6.91. The normalized spacial score (nSPS) is 20.4. The van der Waals surface area contributed by atoms with Crippen LogP contribution in [0.3, 0.4) is 0 Å². The molecule has 0 saturated carbocycles. The molecule has 25 heavy (non-hydrogen) atoms. The Balaban J connectivity index is 1.59. The van der Waals surface area contributed by atoms with Crippen LogP contribution in [0, 0.1) is 5.92 Å². The predicted molar refractivity (Wildman–Crippen MR) is 89.0 cm³/mol. The Morgan fingerprint density at radius 1 is 1.24 bits per heavy atom. The largest absolute Gasteiger partial charge is 0.491 e. The molecule has 0 bridgehead atoms. The van der Waals surface area contributed by atoms with Crippen LogP contribution in [0.15, 0.2) is 24.3 Å². The summed E-state index contributed by atoms with van der Waals surface area (Å²) in [5, 5.41) is 10.6. The lowest BCUT2D eigenvalue weighted by Gasteiger charge is -2.34. The highest BCUT2D eigenvalue weighted by Crippen LogP contribution is 2.33. The fraction of sp³-hybridized carbons (Fsp3) is 0.647. The summed E-state index contributed by atoms with van der Waals surface area (Å²) in [7, 11) is 0. The van der Waals surface area contributed by atoms with E-state index in [-0.39, 0.29) is 32.7 Å². The number of nitrogens with zero attached hydrogens (tertiary/aromatic N) is 1. The van der Waals surface area contributed by atoms with Crippen molar-refractivity contribution in [3.63, 3.8) is 0 Å². The van der Waals surface area contributed by atoms with Gasteiger partial charge in [-0.15, -0.1) is 0 Å². The number of piperidine rings is 1. The number of hydrogen-bond donors (Lipinski definition) is 1. The molecular formula is C17H23ClF3NO3. The van der Waals surface area contributed by atoms with E-state index in [0.717, 1.165) is 0 Å². The minimum Gasteiger partial charge on any atom is -0.491 e. The lowest BCUT2D eigenvalue weighted by atomic mass is 9.97. The molecular weight excluding hydrogens is 359 g/mol. The molecule has 142 valence electrons. The van der Waals surface area contributed by atoms with Gasteiger partial charge in [-0.25, -0.2) is 0 Å². The van der Waals surface area contributed by atoms with Crippen molar-refractivity contribution in [1.82, 2.24) is 4.90 Å². The van der Waals surface area contributed by atoms with Crippen LogP contribution in [-0.2, 0) is 4.74 Å². The Kier molecular flexibility index (Phi) is 7.81. The molecule has 2 atom stereocenters. The summed E-state index contributed by atoms with van der Waals surface area (Å²) in [5.41, 5.74) is 0. The van der Waals surface area contributed by atoms with E-state index < -0.39 is 18.2 Å². The van der Waals surface area contributed by atoms with Crippen molar-refractivity contribution >= 4 is 11.6 Å². The molecule has 0 aromatic heterocycles. The molecule has 1 aliphatic rings. The van der Waals surface area contributed by atoms with Crippen molar-refractivity contribution in [3.8, 4) is 5.75 Å². The number of benzene rings is 1. The Labute approximate surface area is 150 Å². The molecule has 0 radical (unpaired) electrons. The van der Waals surface area contributed by atoms with Gasteiger partial charge in [0.2, 0.25) is 0 Å². The Morgan fingerprint density at radius 3 is 2.64 bits per heavy atom. The number of rotatable bonds is 8. The van der Waals surface area contributed by atoms with Crippen molar-refractivity contribution in [2.75, 3.05) is 39.5 Å². The van der Waals surface area contributed by atoms with Crippen molar-refractivity contribution < 1.29 is 27.8 Å². The third-order valence-corrected chi connectivity index (χ3v) is 4.31. The number of hydrogen-bond acceptors (Lipinski definition) is 4. The van der Waals surface area contributed by atoms with Crippen LogP contribution < -0.4 is 4.74 Å². The highest BCUT2D eigenvalue weighted by molar-refractivity contribution is 6.30. The van der Waals surface area contributed by atoms with Crippen molar-refractivity contribution in [2.24, 2.45) is 5.92 Å². The lowest BCUT2D eigenvalue weighted by Crippen LogP contribution is -2.45. The number of ether oxygens (including phenoxy) is 2. The van der Waals surface area contributed by atoms with Gasteiger partial charge in [-0.05, 0) is 43.7 Å². The van der Waals surface area contributed by atoms with Gasteiger partial charge in [-0.2, -0.15) is 13.2 Å². The Morgan fingerprint density at radius 2 is 1.96 bits per heavy atom. The SMILES string of the molecule is O[C@@H](COCCOc1ccc(Cl)cc1)CN1CCC[C@H](C(F)(F)F)C1. The first-order valence-corrected chi connectivity index (χ1v) is 8.65. The van der Waals surface area contributed by atoms with Crippen LogP contribution >= 0.6 is 11.6 Å². The number of halogens is 4. The third-order valence-electron chi connectivity index (χ3n) is 4.06. The summed E-state index contributed by atoms with van der Waals surface area (Å²) in [6.45, 7) is 1.37. The van der Waals surface area contributed by atoms with E-state index in [1.54, 1.807) is 29.2 Å². The highest BCUT2D eigenvalue weighted by Gasteiger charge is 2.41.